The van der Waals surface area contributed by atoms with Crippen molar-refractivity contribution in [3.05, 3.63) is 29.8 Å². The zero-order chi connectivity index (χ0) is 18.3. The number of hydrogen-bond donors (Lipinski definition) is 1. The first kappa shape index (κ1) is 23.0. The number of rotatable bonds is 6. The van der Waals surface area contributed by atoms with Crippen molar-refractivity contribution in [1.82, 2.24) is 15.1 Å². The van der Waals surface area contributed by atoms with E-state index in [9.17, 15) is 0 Å². The van der Waals surface area contributed by atoms with Crippen LogP contribution in [0.3, 0.4) is 0 Å². The van der Waals surface area contributed by atoms with Crippen LogP contribution < -0.4 is 10.1 Å². The molecule has 1 aliphatic rings. The summed E-state index contributed by atoms with van der Waals surface area (Å²) in [4.78, 5) is 8.90. The van der Waals surface area contributed by atoms with E-state index in [-0.39, 0.29) is 29.5 Å². The highest BCUT2D eigenvalue weighted by atomic mass is 127. The molecule has 1 saturated heterocycles. The Kier molecular flexibility index (Phi) is 9.67. The summed E-state index contributed by atoms with van der Waals surface area (Å²) in [7, 11) is 9.88. The van der Waals surface area contributed by atoms with E-state index in [0.29, 0.717) is 0 Å². The molecule has 1 aliphatic heterocycles. The lowest BCUT2D eigenvalue weighted by Gasteiger charge is -2.43. The van der Waals surface area contributed by atoms with Gasteiger partial charge in [0, 0.05) is 51.5 Å². The van der Waals surface area contributed by atoms with Crippen LogP contribution in [0.4, 0.5) is 0 Å². The minimum Gasteiger partial charge on any atom is -0.496 e. The topological polar surface area (TPSA) is 49.3 Å². The van der Waals surface area contributed by atoms with E-state index in [1.165, 1.54) is 0 Å². The number of nitrogens with one attached hydrogen (secondary N) is 1. The van der Waals surface area contributed by atoms with Crippen LogP contribution in [0.1, 0.15) is 18.4 Å². The van der Waals surface area contributed by atoms with E-state index < -0.39 is 0 Å². The van der Waals surface area contributed by atoms with Gasteiger partial charge in [-0.05, 0) is 33.0 Å². The molecule has 0 aliphatic carbocycles. The molecule has 1 aromatic rings. The summed E-state index contributed by atoms with van der Waals surface area (Å²) in [6, 6.07) is 8.09. The third kappa shape index (κ3) is 5.72. The van der Waals surface area contributed by atoms with Gasteiger partial charge in [-0.3, -0.25) is 4.99 Å². The van der Waals surface area contributed by atoms with E-state index in [2.05, 4.69) is 40.3 Å². The highest BCUT2D eigenvalue weighted by Gasteiger charge is 2.35. The third-order valence-corrected chi connectivity index (χ3v) is 5.12. The summed E-state index contributed by atoms with van der Waals surface area (Å²) in [5.74, 6) is 1.79. The first-order valence-corrected chi connectivity index (χ1v) is 8.81. The molecule has 1 N–H and O–H groups in total. The molecule has 148 valence electrons. The molecule has 0 aromatic heterocycles. The summed E-state index contributed by atoms with van der Waals surface area (Å²) >= 11 is 0. The van der Waals surface area contributed by atoms with Crippen molar-refractivity contribution in [2.45, 2.75) is 24.9 Å². The summed E-state index contributed by atoms with van der Waals surface area (Å²) in [5, 5.41) is 3.56. The average molecular weight is 476 g/mol. The minimum absolute atomic E-state index is 0. The minimum atomic E-state index is 0. The number of nitrogens with zero attached hydrogens (tertiary/aromatic N) is 3. The SMILES string of the molecule is CN=C(NCC1(N(C)C)CCOCC1)N(C)Cc1ccccc1OC.I. The maximum absolute atomic E-state index is 5.55. The highest BCUT2D eigenvalue weighted by molar-refractivity contribution is 14.0. The second kappa shape index (κ2) is 10.9. The van der Waals surface area contributed by atoms with Crippen molar-refractivity contribution < 1.29 is 9.47 Å². The summed E-state index contributed by atoms with van der Waals surface area (Å²) in [5.41, 5.74) is 1.25. The van der Waals surface area contributed by atoms with E-state index in [4.69, 9.17) is 9.47 Å². The van der Waals surface area contributed by atoms with E-state index in [1.807, 2.05) is 32.3 Å². The maximum Gasteiger partial charge on any atom is 0.193 e. The summed E-state index contributed by atoms with van der Waals surface area (Å²) in [6.45, 7) is 3.22. The molecule has 1 heterocycles. The molecule has 6 nitrogen and oxygen atoms in total. The highest BCUT2D eigenvalue weighted by Crippen LogP contribution is 2.25. The van der Waals surface area contributed by atoms with Crippen molar-refractivity contribution in [3.8, 4) is 5.75 Å². The van der Waals surface area contributed by atoms with E-state index in [1.54, 1.807) is 7.11 Å². The Labute approximate surface area is 175 Å². The fourth-order valence-corrected chi connectivity index (χ4v) is 3.33. The van der Waals surface area contributed by atoms with Gasteiger partial charge in [-0.15, -0.1) is 24.0 Å². The fourth-order valence-electron chi connectivity index (χ4n) is 3.33. The second-order valence-electron chi connectivity index (χ2n) is 6.80. The Morgan fingerprint density at radius 3 is 2.46 bits per heavy atom. The monoisotopic (exact) mass is 476 g/mol. The van der Waals surface area contributed by atoms with Crippen LogP contribution in [0.25, 0.3) is 0 Å². The lowest BCUT2D eigenvalue weighted by Crippen LogP contribution is -2.57. The number of likely N-dealkylation sites (N-methyl/N-ethyl adjacent to an activating group) is 1. The Hall–Kier alpha value is -1.06. The molecule has 0 amide bonds. The molecule has 0 saturated carbocycles. The molecular weight excluding hydrogens is 443 g/mol. The number of aliphatic imine (C=N–C) groups is 1. The van der Waals surface area contributed by atoms with Gasteiger partial charge in [-0.2, -0.15) is 0 Å². The molecule has 0 unspecified atom stereocenters. The van der Waals surface area contributed by atoms with Crippen LogP contribution >= 0.6 is 24.0 Å². The van der Waals surface area contributed by atoms with Gasteiger partial charge >= 0.3 is 0 Å². The van der Waals surface area contributed by atoms with E-state index >= 15 is 0 Å². The van der Waals surface area contributed by atoms with Gasteiger partial charge in [0.05, 0.1) is 7.11 Å². The Morgan fingerprint density at radius 1 is 1.23 bits per heavy atom. The lowest BCUT2D eigenvalue weighted by atomic mass is 9.88. The molecule has 0 radical (unpaired) electrons. The third-order valence-electron chi connectivity index (χ3n) is 5.12. The predicted octanol–water partition coefficient (Wildman–Crippen LogP) is 2.43. The van der Waals surface area contributed by atoms with Gasteiger partial charge in [-0.25, -0.2) is 0 Å². The van der Waals surface area contributed by atoms with Crippen LogP contribution in [0, 0.1) is 0 Å². The van der Waals surface area contributed by atoms with Crippen LogP contribution in [0.5, 0.6) is 5.75 Å². The first-order chi connectivity index (χ1) is 12.0. The van der Waals surface area contributed by atoms with Crippen molar-refractivity contribution in [3.63, 3.8) is 0 Å². The number of hydrogen-bond acceptors (Lipinski definition) is 4. The number of benzene rings is 1. The van der Waals surface area contributed by atoms with Crippen LogP contribution in [0.2, 0.25) is 0 Å². The Balaban J connectivity index is 0.00000338. The van der Waals surface area contributed by atoms with Crippen molar-refractivity contribution in [1.29, 1.82) is 0 Å². The van der Waals surface area contributed by atoms with Crippen LogP contribution in [0.15, 0.2) is 29.3 Å². The standard InChI is InChI=1S/C19H32N4O2.HI/c1-20-18(21-15-19(22(2)3)10-12-25-13-11-19)23(4)14-16-8-6-7-9-17(16)24-5;/h6-9H,10-15H2,1-5H3,(H,20,21);1H. The van der Waals surface area contributed by atoms with Crippen molar-refractivity contribution >= 4 is 29.9 Å². The number of halogens is 1. The lowest BCUT2D eigenvalue weighted by molar-refractivity contribution is -0.00522. The molecule has 26 heavy (non-hydrogen) atoms. The largest absolute Gasteiger partial charge is 0.496 e. The molecule has 7 heteroatoms. The molecule has 1 aromatic carbocycles. The Morgan fingerprint density at radius 2 is 1.88 bits per heavy atom. The smallest absolute Gasteiger partial charge is 0.193 e. The van der Waals surface area contributed by atoms with Gasteiger partial charge in [0.15, 0.2) is 5.96 Å². The molecule has 0 bridgehead atoms. The number of para-hydroxylation sites is 1. The zero-order valence-corrected chi connectivity index (χ0v) is 18.9. The maximum atomic E-state index is 5.55. The number of ether oxygens (including phenoxy) is 2. The van der Waals surface area contributed by atoms with Gasteiger partial charge in [0.25, 0.3) is 0 Å². The predicted molar refractivity (Wildman–Crippen MR) is 118 cm³/mol. The average Bonchev–Trinajstić information content (AvgIpc) is 2.63. The molecular formula is C19H33IN4O2. The summed E-state index contributed by atoms with van der Waals surface area (Å²) < 4.78 is 11.0. The fraction of sp³-hybridized carbons (Fsp3) is 0.632. The molecule has 0 atom stereocenters. The number of guanidine groups is 1. The number of methoxy groups -OCH3 is 1. The van der Waals surface area contributed by atoms with Crippen molar-refractivity contribution in [2.75, 3.05) is 55.1 Å². The van der Waals surface area contributed by atoms with Crippen LogP contribution in [-0.4, -0.2) is 76.4 Å². The van der Waals surface area contributed by atoms with Gasteiger partial charge in [0.2, 0.25) is 0 Å². The Bertz CT molecular complexity index is 574. The quantitative estimate of drug-likeness (QED) is 0.389. The zero-order valence-electron chi connectivity index (χ0n) is 16.6. The molecule has 1 fully saturated rings. The van der Waals surface area contributed by atoms with Gasteiger partial charge in [-0.1, -0.05) is 18.2 Å². The second-order valence-corrected chi connectivity index (χ2v) is 6.80. The molecule has 0 spiro atoms. The van der Waals surface area contributed by atoms with E-state index in [0.717, 1.165) is 56.4 Å². The molecule has 2 rings (SSSR count). The van der Waals surface area contributed by atoms with Crippen LogP contribution in [-0.2, 0) is 11.3 Å². The van der Waals surface area contributed by atoms with Crippen molar-refractivity contribution in [2.24, 2.45) is 4.99 Å². The normalized spacial score (nSPS) is 16.8. The summed E-state index contributed by atoms with van der Waals surface area (Å²) in [6.07, 6.45) is 2.06. The first-order valence-electron chi connectivity index (χ1n) is 8.81. The van der Waals surface area contributed by atoms with Gasteiger partial charge in [0.1, 0.15) is 5.75 Å². The van der Waals surface area contributed by atoms with Gasteiger partial charge < -0.3 is 24.6 Å².